The molecule has 3 heteroatoms. The maximum atomic E-state index is 8.86. The second-order valence-electron chi connectivity index (χ2n) is 5.46. The second-order valence-corrected chi connectivity index (χ2v) is 5.89. The third-order valence-electron chi connectivity index (χ3n) is 4.32. The molecule has 2 rings (SSSR count). The van der Waals surface area contributed by atoms with Crippen molar-refractivity contribution < 1.29 is 0 Å². The molecular formula is C19H21ClN2. The zero-order chi connectivity index (χ0) is 16.0. The number of nitrogens with one attached hydrogen (secondary N) is 1. The van der Waals surface area contributed by atoms with Crippen molar-refractivity contribution in [3.8, 4) is 6.07 Å². The molecule has 2 aromatic carbocycles. The molecule has 0 radical (unpaired) electrons. The normalized spacial score (nSPS) is 11.2. The maximum Gasteiger partial charge on any atom is 0.0991 e. The maximum absolute atomic E-state index is 8.86. The molecule has 0 amide bonds. The molecule has 0 bridgehead atoms. The fourth-order valence-corrected chi connectivity index (χ4v) is 2.87. The number of rotatable bonds is 6. The van der Waals surface area contributed by atoms with Crippen molar-refractivity contribution in [3.05, 3.63) is 70.2 Å². The summed E-state index contributed by atoms with van der Waals surface area (Å²) in [5, 5.41) is 13.3. The van der Waals surface area contributed by atoms with Crippen LogP contribution >= 0.6 is 11.6 Å². The van der Waals surface area contributed by atoms with Crippen LogP contribution in [0, 0.1) is 11.3 Å². The van der Waals surface area contributed by atoms with Gasteiger partial charge in [-0.3, -0.25) is 0 Å². The van der Waals surface area contributed by atoms with Crippen molar-refractivity contribution in [2.24, 2.45) is 0 Å². The minimum atomic E-state index is -0.0571. The van der Waals surface area contributed by atoms with Crippen LogP contribution in [0.4, 0.5) is 0 Å². The Kier molecular flexibility index (Phi) is 5.60. The van der Waals surface area contributed by atoms with Gasteiger partial charge in [-0.2, -0.15) is 5.26 Å². The van der Waals surface area contributed by atoms with Gasteiger partial charge in [0.15, 0.2) is 0 Å². The quantitative estimate of drug-likeness (QED) is 0.813. The van der Waals surface area contributed by atoms with E-state index in [2.05, 4.69) is 37.4 Å². The zero-order valence-corrected chi connectivity index (χ0v) is 13.8. The minimum absolute atomic E-state index is 0.0571. The molecule has 0 aliphatic rings. The summed E-state index contributed by atoms with van der Waals surface area (Å²) in [6.07, 6.45) is 2.00. The van der Waals surface area contributed by atoms with Gasteiger partial charge in [0, 0.05) is 17.1 Å². The van der Waals surface area contributed by atoms with E-state index < -0.39 is 0 Å². The van der Waals surface area contributed by atoms with E-state index in [-0.39, 0.29) is 5.54 Å². The molecule has 0 saturated heterocycles. The van der Waals surface area contributed by atoms with Crippen LogP contribution in [0.2, 0.25) is 5.02 Å². The fraction of sp³-hybridized carbons (Fsp3) is 0.316. The second kappa shape index (κ2) is 7.45. The van der Waals surface area contributed by atoms with Crippen molar-refractivity contribution in [2.45, 2.75) is 38.8 Å². The molecule has 22 heavy (non-hydrogen) atoms. The van der Waals surface area contributed by atoms with Crippen molar-refractivity contribution >= 4 is 11.6 Å². The third-order valence-corrected chi connectivity index (χ3v) is 4.57. The van der Waals surface area contributed by atoms with Crippen LogP contribution in [-0.4, -0.2) is 0 Å². The molecule has 0 atom stereocenters. The van der Waals surface area contributed by atoms with Crippen LogP contribution in [0.5, 0.6) is 0 Å². The van der Waals surface area contributed by atoms with Gasteiger partial charge in [-0.1, -0.05) is 49.7 Å². The van der Waals surface area contributed by atoms with Gasteiger partial charge in [0.2, 0.25) is 0 Å². The molecule has 0 aromatic heterocycles. The highest BCUT2D eigenvalue weighted by Crippen LogP contribution is 2.30. The van der Waals surface area contributed by atoms with Crippen LogP contribution < -0.4 is 5.32 Å². The number of halogens is 1. The molecule has 0 aliphatic carbocycles. The Morgan fingerprint density at radius 3 is 2.09 bits per heavy atom. The van der Waals surface area contributed by atoms with Crippen LogP contribution in [-0.2, 0) is 12.1 Å². The van der Waals surface area contributed by atoms with E-state index >= 15 is 0 Å². The minimum Gasteiger partial charge on any atom is -0.303 e. The summed E-state index contributed by atoms with van der Waals surface area (Å²) in [4.78, 5) is 0. The Morgan fingerprint density at radius 1 is 1.00 bits per heavy atom. The number of hydrogen-bond acceptors (Lipinski definition) is 2. The number of hydrogen-bond donors (Lipinski definition) is 1. The first-order valence-corrected chi connectivity index (χ1v) is 8.01. The van der Waals surface area contributed by atoms with Crippen molar-refractivity contribution in [2.75, 3.05) is 0 Å². The Labute approximate surface area is 137 Å². The van der Waals surface area contributed by atoms with E-state index in [1.807, 2.05) is 36.4 Å². The zero-order valence-electron chi connectivity index (χ0n) is 13.1. The largest absolute Gasteiger partial charge is 0.303 e. The smallest absolute Gasteiger partial charge is 0.0991 e. The first-order valence-electron chi connectivity index (χ1n) is 7.63. The number of benzene rings is 2. The third kappa shape index (κ3) is 3.68. The molecule has 0 saturated carbocycles. The summed E-state index contributed by atoms with van der Waals surface area (Å²) in [5.74, 6) is 0. The van der Waals surface area contributed by atoms with Gasteiger partial charge in [0.25, 0.3) is 0 Å². The lowest BCUT2D eigenvalue weighted by Gasteiger charge is -2.34. The Bertz CT molecular complexity index is 635. The summed E-state index contributed by atoms with van der Waals surface area (Å²) < 4.78 is 0. The van der Waals surface area contributed by atoms with Crippen LogP contribution in [0.25, 0.3) is 0 Å². The summed E-state index contributed by atoms with van der Waals surface area (Å²) in [6.45, 7) is 5.17. The molecule has 0 spiro atoms. The summed E-state index contributed by atoms with van der Waals surface area (Å²) in [7, 11) is 0. The van der Waals surface area contributed by atoms with E-state index in [1.165, 1.54) is 11.1 Å². The molecule has 1 N–H and O–H groups in total. The van der Waals surface area contributed by atoms with Crippen LogP contribution in [0.3, 0.4) is 0 Å². The van der Waals surface area contributed by atoms with E-state index in [4.69, 9.17) is 16.9 Å². The highest BCUT2D eigenvalue weighted by Gasteiger charge is 2.27. The molecule has 0 heterocycles. The van der Waals surface area contributed by atoms with Gasteiger partial charge >= 0.3 is 0 Å². The van der Waals surface area contributed by atoms with E-state index in [1.54, 1.807) is 0 Å². The standard InChI is InChI=1S/C19H21ClN2/c1-3-19(4-2,17-9-11-18(20)12-10-17)22-14-16-7-5-15(13-21)6-8-16/h5-12,22H,3-4,14H2,1-2H3. The highest BCUT2D eigenvalue weighted by atomic mass is 35.5. The van der Waals surface area contributed by atoms with E-state index in [0.717, 1.165) is 24.4 Å². The average Bonchev–Trinajstić information content (AvgIpc) is 2.58. The SMILES string of the molecule is CCC(CC)(NCc1ccc(C#N)cc1)c1ccc(Cl)cc1. The monoisotopic (exact) mass is 312 g/mol. The van der Waals surface area contributed by atoms with Gasteiger partial charge in [-0.25, -0.2) is 0 Å². The van der Waals surface area contributed by atoms with Gasteiger partial charge in [0.05, 0.1) is 11.6 Å². The molecule has 0 fully saturated rings. The van der Waals surface area contributed by atoms with Crippen LogP contribution in [0.15, 0.2) is 48.5 Å². The fourth-order valence-electron chi connectivity index (χ4n) is 2.75. The molecule has 0 unspecified atom stereocenters. The van der Waals surface area contributed by atoms with E-state index in [9.17, 15) is 0 Å². The van der Waals surface area contributed by atoms with Crippen molar-refractivity contribution in [1.82, 2.24) is 5.32 Å². The summed E-state index contributed by atoms with van der Waals surface area (Å²) >= 11 is 6.00. The topological polar surface area (TPSA) is 35.8 Å². The van der Waals surface area contributed by atoms with Gasteiger partial charge in [-0.05, 0) is 48.2 Å². The highest BCUT2D eigenvalue weighted by molar-refractivity contribution is 6.30. The molecular weight excluding hydrogens is 292 g/mol. The lowest BCUT2D eigenvalue weighted by atomic mass is 9.84. The predicted molar refractivity (Wildman–Crippen MR) is 91.7 cm³/mol. The average molecular weight is 313 g/mol. The molecule has 114 valence electrons. The van der Waals surface area contributed by atoms with Gasteiger partial charge < -0.3 is 5.32 Å². The number of nitriles is 1. The first-order chi connectivity index (χ1) is 10.6. The Hall–Kier alpha value is -1.82. The van der Waals surface area contributed by atoms with Gasteiger partial charge in [-0.15, -0.1) is 0 Å². The lowest BCUT2D eigenvalue weighted by molar-refractivity contribution is 0.305. The molecule has 2 nitrogen and oxygen atoms in total. The number of nitrogens with zero attached hydrogens (tertiary/aromatic N) is 1. The first kappa shape index (κ1) is 16.5. The molecule has 0 aliphatic heterocycles. The Balaban J connectivity index is 2.17. The van der Waals surface area contributed by atoms with E-state index in [0.29, 0.717) is 5.56 Å². The summed E-state index contributed by atoms with van der Waals surface area (Å²) in [6, 6.07) is 18.0. The lowest BCUT2D eigenvalue weighted by Crippen LogP contribution is -2.40. The summed E-state index contributed by atoms with van der Waals surface area (Å²) in [5.41, 5.74) is 3.08. The molecule has 2 aromatic rings. The predicted octanol–water partition coefficient (Wildman–Crippen LogP) is 5.02. The van der Waals surface area contributed by atoms with Crippen molar-refractivity contribution in [3.63, 3.8) is 0 Å². The van der Waals surface area contributed by atoms with Crippen LogP contribution in [0.1, 0.15) is 43.4 Å². The van der Waals surface area contributed by atoms with Gasteiger partial charge in [0.1, 0.15) is 0 Å². The Morgan fingerprint density at radius 2 is 1.59 bits per heavy atom. The van der Waals surface area contributed by atoms with Crippen molar-refractivity contribution in [1.29, 1.82) is 5.26 Å².